The first-order chi connectivity index (χ1) is 8.38. The van der Waals surface area contributed by atoms with Gasteiger partial charge in [0.25, 0.3) is 0 Å². The number of rotatable bonds is 3. The van der Waals surface area contributed by atoms with Crippen molar-refractivity contribution in [2.45, 2.75) is 44.6 Å². The van der Waals surface area contributed by atoms with Crippen molar-refractivity contribution >= 4 is 5.69 Å². The van der Waals surface area contributed by atoms with Gasteiger partial charge in [-0.2, -0.15) is 0 Å². The number of anilines is 1. The molecule has 0 bridgehead atoms. The first kappa shape index (κ1) is 11.1. The minimum absolute atomic E-state index is 0.255. The topological polar surface area (TPSA) is 23.5 Å². The summed E-state index contributed by atoms with van der Waals surface area (Å²) in [6.07, 6.45) is 7.52. The molecule has 0 aromatic heterocycles. The van der Waals surface area contributed by atoms with Crippen molar-refractivity contribution in [1.29, 1.82) is 0 Å². The van der Waals surface area contributed by atoms with Crippen LogP contribution in [0.1, 0.15) is 36.8 Å². The second kappa shape index (κ2) is 4.69. The Hall–Kier alpha value is -1.02. The Morgan fingerprint density at radius 1 is 1.24 bits per heavy atom. The first-order valence-corrected chi connectivity index (χ1v) is 6.88. The molecule has 1 aliphatic heterocycles. The van der Waals surface area contributed by atoms with Crippen LogP contribution in [-0.4, -0.2) is 24.3 Å². The molecule has 0 saturated heterocycles. The fourth-order valence-corrected chi connectivity index (χ4v) is 3.36. The summed E-state index contributed by atoms with van der Waals surface area (Å²) < 4.78 is 0. The summed E-state index contributed by atoms with van der Waals surface area (Å²) >= 11 is 0. The molecule has 1 fully saturated rings. The smallest absolute Gasteiger partial charge is 0.0471 e. The lowest BCUT2D eigenvalue weighted by molar-refractivity contribution is 0.299. The van der Waals surface area contributed by atoms with Crippen LogP contribution >= 0.6 is 0 Å². The first-order valence-electron chi connectivity index (χ1n) is 6.88. The summed E-state index contributed by atoms with van der Waals surface area (Å²) in [5.41, 5.74) is 4.22. The summed E-state index contributed by atoms with van der Waals surface area (Å²) in [7, 11) is 0. The van der Waals surface area contributed by atoms with Crippen molar-refractivity contribution in [3.8, 4) is 0 Å². The molecule has 0 radical (unpaired) electrons. The van der Waals surface area contributed by atoms with E-state index in [2.05, 4.69) is 23.1 Å². The lowest BCUT2D eigenvalue weighted by atomic mass is 10.1. The number of hydrogen-bond donors (Lipinski definition) is 1. The highest BCUT2D eigenvalue weighted by Gasteiger charge is 2.28. The van der Waals surface area contributed by atoms with Crippen LogP contribution in [0.2, 0.25) is 0 Å². The predicted molar refractivity (Wildman–Crippen MR) is 70.5 cm³/mol. The molecule has 0 atom stereocenters. The van der Waals surface area contributed by atoms with E-state index < -0.39 is 0 Å². The lowest BCUT2D eigenvalue weighted by Crippen LogP contribution is -2.31. The van der Waals surface area contributed by atoms with Gasteiger partial charge >= 0.3 is 0 Å². The predicted octanol–water partition coefficient (Wildman–Crippen LogP) is 2.53. The molecule has 1 aromatic carbocycles. The highest BCUT2D eigenvalue weighted by Crippen LogP contribution is 2.35. The van der Waals surface area contributed by atoms with Gasteiger partial charge in [-0.25, -0.2) is 0 Å². The van der Waals surface area contributed by atoms with E-state index in [0.29, 0.717) is 0 Å². The molecule has 2 aliphatic rings. The molecule has 17 heavy (non-hydrogen) atoms. The van der Waals surface area contributed by atoms with Crippen molar-refractivity contribution < 1.29 is 5.11 Å². The monoisotopic (exact) mass is 231 g/mol. The molecule has 0 spiro atoms. The molecule has 92 valence electrons. The summed E-state index contributed by atoms with van der Waals surface area (Å²) in [6, 6.07) is 7.54. The molecule has 2 heteroatoms. The Bertz CT molecular complexity index is 396. The fraction of sp³-hybridized carbons (Fsp3) is 0.600. The van der Waals surface area contributed by atoms with Gasteiger partial charge in [-0.3, -0.25) is 0 Å². The van der Waals surface area contributed by atoms with E-state index in [1.807, 2.05) is 0 Å². The van der Waals surface area contributed by atoms with E-state index in [9.17, 15) is 0 Å². The maximum Gasteiger partial charge on any atom is 0.0471 e. The van der Waals surface area contributed by atoms with Crippen molar-refractivity contribution in [2.75, 3.05) is 18.1 Å². The Labute approximate surface area is 103 Å². The third-order valence-electron chi connectivity index (χ3n) is 4.24. The maximum absolute atomic E-state index is 8.98. The Morgan fingerprint density at radius 2 is 2.06 bits per heavy atom. The van der Waals surface area contributed by atoms with Crippen LogP contribution in [0.4, 0.5) is 5.69 Å². The van der Waals surface area contributed by atoms with Crippen LogP contribution in [0.3, 0.4) is 0 Å². The summed E-state index contributed by atoms with van der Waals surface area (Å²) in [4.78, 5) is 2.62. The van der Waals surface area contributed by atoms with Crippen molar-refractivity contribution in [3.63, 3.8) is 0 Å². The zero-order valence-corrected chi connectivity index (χ0v) is 10.4. The van der Waals surface area contributed by atoms with Crippen LogP contribution in [0, 0.1) is 0 Å². The lowest BCUT2D eigenvalue weighted by Gasteiger charge is -2.26. The second-order valence-electron chi connectivity index (χ2n) is 5.32. The van der Waals surface area contributed by atoms with Crippen LogP contribution in [0.15, 0.2) is 18.2 Å². The Kier molecular flexibility index (Phi) is 3.06. The maximum atomic E-state index is 8.98. The molecule has 0 amide bonds. The summed E-state index contributed by atoms with van der Waals surface area (Å²) in [5.74, 6) is 0. The van der Waals surface area contributed by atoms with Gasteiger partial charge in [0.05, 0.1) is 0 Å². The minimum Gasteiger partial charge on any atom is -0.396 e. The quantitative estimate of drug-likeness (QED) is 0.864. The molecule has 1 saturated carbocycles. The third kappa shape index (κ3) is 2.06. The van der Waals surface area contributed by atoms with Gasteiger partial charge < -0.3 is 10.0 Å². The van der Waals surface area contributed by atoms with Crippen LogP contribution in [-0.2, 0) is 12.8 Å². The van der Waals surface area contributed by atoms with E-state index in [1.54, 1.807) is 0 Å². The highest BCUT2D eigenvalue weighted by molar-refractivity contribution is 5.60. The fourth-order valence-electron chi connectivity index (χ4n) is 3.36. The molecule has 0 unspecified atom stereocenters. The molecule has 2 nitrogen and oxygen atoms in total. The number of hydrogen-bond acceptors (Lipinski definition) is 2. The zero-order chi connectivity index (χ0) is 11.7. The normalized spacial score (nSPS) is 19.9. The Balaban J connectivity index is 1.82. The molecule has 1 N–H and O–H groups in total. The SMILES string of the molecule is OCCc1ccc2c(c1)CCN2C1CCCC1. The molecule has 3 rings (SSSR count). The Morgan fingerprint density at radius 3 is 2.82 bits per heavy atom. The van der Waals surface area contributed by atoms with Crippen LogP contribution in [0.25, 0.3) is 0 Å². The minimum atomic E-state index is 0.255. The number of aliphatic hydroxyl groups excluding tert-OH is 1. The zero-order valence-electron chi connectivity index (χ0n) is 10.4. The van der Waals surface area contributed by atoms with Crippen molar-refractivity contribution in [2.24, 2.45) is 0 Å². The highest BCUT2D eigenvalue weighted by atomic mass is 16.2. The molecular weight excluding hydrogens is 210 g/mol. The van der Waals surface area contributed by atoms with E-state index >= 15 is 0 Å². The summed E-state index contributed by atoms with van der Waals surface area (Å²) in [6.45, 7) is 1.45. The van der Waals surface area contributed by atoms with Gasteiger partial charge in [-0.15, -0.1) is 0 Å². The van der Waals surface area contributed by atoms with Crippen LogP contribution in [0.5, 0.6) is 0 Å². The van der Waals surface area contributed by atoms with Gasteiger partial charge in [0.2, 0.25) is 0 Å². The third-order valence-corrected chi connectivity index (χ3v) is 4.24. The van der Waals surface area contributed by atoms with E-state index in [0.717, 1.165) is 12.5 Å². The average molecular weight is 231 g/mol. The summed E-state index contributed by atoms with van der Waals surface area (Å²) in [5, 5.41) is 8.98. The molecule has 1 aliphatic carbocycles. The van der Waals surface area contributed by atoms with Gasteiger partial charge in [0, 0.05) is 24.9 Å². The standard InChI is InChI=1S/C15H21NO/c17-10-8-12-5-6-15-13(11-12)7-9-16(15)14-3-1-2-4-14/h5-6,11,14,17H,1-4,7-10H2. The van der Waals surface area contributed by atoms with E-state index in [1.165, 1.54) is 55.5 Å². The van der Waals surface area contributed by atoms with Gasteiger partial charge in [0.1, 0.15) is 0 Å². The number of nitrogens with zero attached hydrogens (tertiary/aromatic N) is 1. The largest absolute Gasteiger partial charge is 0.396 e. The van der Waals surface area contributed by atoms with Crippen molar-refractivity contribution in [1.82, 2.24) is 0 Å². The van der Waals surface area contributed by atoms with E-state index in [-0.39, 0.29) is 6.61 Å². The van der Waals surface area contributed by atoms with E-state index in [4.69, 9.17) is 5.11 Å². The van der Waals surface area contributed by atoms with Gasteiger partial charge in [-0.05, 0) is 42.9 Å². The van der Waals surface area contributed by atoms with Crippen LogP contribution < -0.4 is 4.90 Å². The van der Waals surface area contributed by atoms with Crippen molar-refractivity contribution in [3.05, 3.63) is 29.3 Å². The number of aliphatic hydroxyl groups is 1. The average Bonchev–Trinajstić information content (AvgIpc) is 2.96. The number of benzene rings is 1. The van der Waals surface area contributed by atoms with Gasteiger partial charge in [-0.1, -0.05) is 25.0 Å². The number of fused-ring (bicyclic) bond motifs is 1. The second-order valence-corrected chi connectivity index (χ2v) is 5.32. The molecule has 1 aromatic rings. The molecular formula is C15H21NO. The van der Waals surface area contributed by atoms with Gasteiger partial charge in [0.15, 0.2) is 0 Å². The molecule has 1 heterocycles.